The van der Waals surface area contributed by atoms with Crippen molar-refractivity contribution < 1.29 is 9.53 Å². The lowest BCUT2D eigenvalue weighted by Gasteiger charge is -2.23. The summed E-state index contributed by atoms with van der Waals surface area (Å²) in [4.78, 5) is 11.4. The third kappa shape index (κ3) is 2.75. The maximum Gasteiger partial charge on any atom is 0.237 e. The maximum atomic E-state index is 11.4. The van der Waals surface area contributed by atoms with E-state index in [1.165, 1.54) is 0 Å². The minimum Gasteiger partial charge on any atom is -0.496 e. The van der Waals surface area contributed by atoms with Crippen LogP contribution in [0.15, 0.2) is 36.4 Å². The van der Waals surface area contributed by atoms with Crippen LogP contribution in [0.1, 0.15) is 19.4 Å². The van der Waals surface area contributed by atoms with Crippen LogP contribution in [0, 0.1) is 0 Å². The zero-order chi connectivity index (χ0) is 14.8. The predicted molar refractivity (Wildman–Crippen MR) is 80.6 cm³/mol. The Hall–Kier alpha value is -2.07. The van der Waals surface area contributed by atoms with Crippen LogP contribution in [0.3, 0.4) is 0 Å². The highest BCUT2D eigenvalue weighted by atomic mass is 16.5. The first-order valence-electron chi connectivity index (χ1n) is 6.55. The summed E-state index contributed by atoms with van der Waals surface area (Å²) in [7, 11) is 1.65. The van der Waals surface area contributed by atoms with Crippen molar-refractivity contribution in [1.82, 2.24) is 5.32 Å². The van der Waals surface area contributed by atoms with E-state index in [0.717, 1.165) is 22.1 Å². The fourth-order valence-corrected chi connectivity index (χ4v) is 2.09. The van der Waals surface area contributed by atoms with Gasteiger partial charge in [-0.05, 0) is 30.7 Å². The number of amides is 1. The minimum absolute atomic E-state index is 0.378. The summed E-state index contributed by atoms with van der Waals surface area (Å²) in [6, 6.07) is 12.1. The molecule has 0 aliphatic heterocycles. The van der Waals surface area contributed by atoms with E-state index < -0.39 is 5.54 Å². The number of carbonyl (C=O) groups excluding carboxylic acids is 1. The molecule has 0 saturated heterocycles. The number of ether oxygens (including phenoxy) is 1. The Kier molecular flexibility index (Phi) is 3.95. The first kappa shape index (κ1) is 14.3. The van der Waals surface area contributed by atoms with Gasteiger partial charge in [-0.15, -0.1) is 0 Å². The van der Waals surface area contributed by atoms with E-state index in [-0.39, 0.29) is 5.91 Å². The molecule has 0 aromatic heterocycles. The van der Waals surface area contributed by atoms with Crippen LogP contribution < -0.4 is 15.8 Å². The maximum absolute atomic E-state index is 11.4. The third-order valence-corrected chi connectivity index (χ3v) is 3.54. The normalized spacial score (nSPS) is 11.6. The van der Waals surface area contributed by atoms with E-state index >= 15 is 0 Å². The van der Waals surface area contributed by atoms with Gasteiger partial charge in [0.25, 0.3) is 0 Å². The summed E-state index contributed by atoms with van der Waals surface area (Å²) in [6.45, 7) is 4.06. The monoisotopic (exact) mass is 272 g/mol. The van der Waals surface area contributed by atoms with Gasteiger partial charge in [-0.1, -0.05) is 30.3 Å². The van der Waals surface area contributed by atoms with Crippen LogP contribution in [0.4, 0.5) is 0 Å². The fourth-order valence-electron chi connectivity index (χ4n) is 2.09. The van der Waals surface area contributed by atoms with Crippen LogP contribution in [-0.4, -0.2) is 18.6 Å². The molecule has 4 heteroatoms. The standard InChI is InChI=1S/C16H20N2O2/c1-16(2,15(17)19)18-10-13-12-7-5-4-6-11(12)8-9-14(13)20-3/h4-9,18H,10H2,1-3H3,(H2,17,19). The molecule has 1 amide bonds. The van der Waals surface area contributed by atoms with Gasteiger partial charge in [0, 0.05) is 12.1 Å². The number of fused-ring (bicyclic) bond motifs is 1. The molecule has 0 radical (unpaired) electrons. The number of nitrogens with two attached hydrogens (primary N) is 1. The van der Waals surface area contributed by atoms with Crippen molar-refractivity contribution in [1.29, 1.82) is 0 Å². The first-order chi connectivity index (χ1) is 9.45. The highest BCUT2D eigenvalue weighted by Crippen LogP contribution is 2.28. The molecule has 2 aromatic carbocycles. The van der Waals surface area contributed by atoms with E-state index in [1.54, 1.807) is 21.0 Å². The lowest BCUT2D eigenvalue weighted by atomic mass is 10.0. The van der Waals surface area contributed by atoms with E-state index in [4.69, 9.17) is 10.5 Å². The van der Waals surface area contributed by atoms with Crippen molar-refractivity contribution in [2.45, 2.75) is 25.9 Å². The highest BCUT2D eigenvalue weighted by molar-refractivity contribution is 5.88. The molecular weight excluding hydrogens is 252 g/mol. The third-order valence-electron chi connectivity index (χ3n) is 3.54. The number of benzene rings is 2. The van der Waals surface area contributed by atoms with Crippen LogP contribution in [0.5, 0.6) is 5.75 Å². The van der Waals surface area contributed by atoms with Gasteiger partial charge in [0.1, 0.15) is 5.75 Å². The van der Waals surface area contributed by atoms with E-state index in [1.807, 2.05) is 30.3 Å². The predicted octanol–water partition coefficient (Wildman–Crippen LogP) is 2.20. The van der Waals surface area contributed by atoms with Crippen molar-refractivity contribution in [3.8, 4) is 5.75 Å². The molecule has 0 saturated carbocycles. The zero-order valence-electron chi connectivity index (χ0n) is 12.1. The summed E-state index contributed by atoms with van der Waals surface area (Å²) in [6.07, 6.45) is 0. The second kappa shape index (κ2) is 5.51. The molecular formula is C16H20N2O2. The Labute approximate surface area is 118 Å². The molecule has 20 heavy (non-hydrogen) atoms. The molecule has 0 fully saturated rings. The Morgan fingerprint density at radius 3 is 2.60 bits per heavy atom. The van der Waals surface area contributed by atoms with E-state index in [2.05, 4.69) is 11.4 Å². The first-order valence-corrected chi connectivity index (χ1v) is 6.55. The number of rotatable bonds is 5. The Morgan fingerprint density at radius 1 is 1.25 bits per heavy atom. The molecule has 4 nitrogen and oxygen atoms in total. The highest BCUT2D eigenvalue weighted by Gasteiger charge is 2.24. The van der Waals surface area contributed by atoms with Gasteiger partial charge >= 0.3 is 0 Å². The van der Waals surface area contributed by atoms with Crippen molar-refractivity contribution >= 4 is 16.7 Å². The minimum atomic E-state index is -0.762. The topological polar surface area (TPSA) is 64.3 Å². The lowest BCUT2D eigenvalue weighted by Crippen LogP contribution is -2.50. The Balaban J connectivity index is 2.39. The smallest absolute Gasteiger partial charge is 0.237 e. The molecule has 0 heterocycles. The molecule has 0 unspecified atom stereocenters. The summed E-state index contributed by atoms with van der Waals surface area (Å²) in [5.74, 6) is 0.424. The van der Waals surface area contributed by atoms with Crippen molar-refractivity contribution in [3.05, 3.63) is 42.0 Å². The molecule has 0 bridgehead atoms. The number of hydrogen-bond donors (Lipinski definition) is 2. The number of carbonyl (C=O) groups is 1. The molecule has 0 spiro atoms. The van der Waals surface area contributed by atoms with Gasteiger partial charge in [-0.25, -0.2) is 0 Å². The number of hydrogen-bond acceptors (Lipinski definition) is 3. The van der Waals surface area contributed by atoms with Crippen LogP contribution >= 0.6 is 0 Å². The number of nitrogens with one attached hydrogen (secondary N) is 1. The summed E-state index contributed by atoms with van der Waals surface area (Å²) >= 11 is 0. The SMILES string of the molecule is COc1ccc2ccccc2c1CNC(C)(C)C(N)=O. The van der Waals surface area contributed by atoms with Gasteiger partial charge < -0.3 is 10.5 Å². The summed E-state index contributed by atoms with van der Waals surface area (Å²) in [5, 5.41) is 5.44. The van der Waals surface area contributed by atoms with Crippen LogP contribution in [0.2, 0.25) is 0 Å². The Bertz CT molecular complexity index is 635. The van der Waals surface area contributed by atoms with Crippen LogP contribution in [-0.2, 0) is 11.3 Å². The van der Waals surface area contributed by atoms with Crippen molar-refractivity contribution in [2.24, 2.45) is 5.73 Å². The molecule has 2 rings (SSSR count). The number of methoxy groups -OCH3 is 1. The van der Waals surface area contributed by atoms with Gasteiger partial charge in [0.15, 0.2) is 0 Å². The zero-order valence-corrected chi connectivity index (χ0v) is 12.1. The number of primary amides is 1. The quantitative estimate of drug-likeness (QED) is 0.877. The van der Waals surface area contributed by atoms with Crippen molar-refractivity contribution in [3.63, 3.8) is 0 Å². The largest absolute Gasteiger partial charge is 0.496 e. The van der Waals surface area contributed by atoms with Gasteiger partial charge in [0.05, 0.1) is 12.6 Å². The molecule has 0 atom stereocenters. The summed E-state index contributed by atoms with van der Waals surface area (Å²) in [5.41, 5.74) is 5.65. The van der Waals surface area contributed by atoms with Crippen LogP contribution in [0.25, 0.3) is 10.8 Å². The average molecular weight is 272 g/mol. The molecule has 3 N–H and O–H groups in total. The van der Waals surface area contributed by atoms with Gasteiger partial charge in [-0.2, -0.15) is 0 Å². The molecule has 0 aliphatic carbocycles. The average Bonchev–Trinajstić information content (AvgIpc) is 2.44. The fraction of sp³-hybridized carbons (Fsp3) is 0.312. The molecule has 2 aromatic rings. The molecule has 0 aliphatic rings. The van der Waals surface area contributed by atoms with E-state index in [0.29, 0.717) is 6.54 Å². The van der Waals surface area contributed by atoms with Gasteiger partial charge in [0.2, 0.25) is 5.91 Å². The molecule has 106 valence electrons. The summed E-state index contributed by atoms with van der Waals surface area (Å²) < 4.78 is 5.42. The van der Waals surface area contributed by atoms with Crippen molar-refractivity contribution in [2.75, 3.05) is 7.11 Å². The second-order valence-electron chi connectivity index (χ2n) is 5.31. The Morgan fingerprint density at radius 2 is 1.95 bits per heavy atom. The van der Waals surface area contributed by atoms with E-state index in [9.17, 15) is 4.79 Å². The second-order valence-corrected chi connectivity index (χ2v) is 5.31. The van der Waals surface area contributed by atoms with Gasteiger partial charge in [-0.3, -0.25) is 10.1 Å². The lowest BCUT2D eigenvalue weighted by molar-refractivity contribution is -0.123.